The molecule has 1 aromatic heterocycles. The van der Waals surface area contributed by atoms with Crippen LogP contribution in [-0.2, 0) is 9.53 Å². The number of rotatable bonds is 13. The van der Waals surface area contributed by atoms with Gasteiger partial charge in [0.05, 0.1) is 12.7 Å². The Hall–Kier alpha value is -1.77. The fourth-order valence-electron chi connectivity index (χ4n) is 3.84. The summed E-state index contributed by atoms with van der Waals surface area (Å²) in [5.41, 5.74) is -0.571. The third kappa shape index (κ3) is 7.18. The van der Waals surface area contributed by atoms with Crippen LogP contribution >= 0.6 is 0 Å². The third-order valence-corrected chi connectivity index (χ3v) is 5.74. The zero-order valence-electron chi connectivity index (χ0n) is 18.3. The molecule has 1 amide bonds. The Morgan fingerprint density at radius 3 is 2.37 bits per heavy atom. The van der Waals surface area contributed by atoms with Crippen molar-refractivity contribution >= 4 is 11.7 Å². The number of hydrogen-bond donors (Lipinski definition) is 3. The van der Waals surface area contributed by atoms with E-state index in [0.717, 1.165) is 19.3 Å². The van der Waals surface area contributed by atoms with Gasteiger partial charge in [-0.15, -0.1) is 0 Å². The molecule has 8 heteroatoms. The molecule has 1 aliphatic heterocycles. The van der Waals surface area contributed by atoms with Crippen LogP contribution in [0.5, 0.6) is 0 Å². The van der Waals surface area contributed by atoms with Crippen molar-refractivity contribution in [2.75, 3.05) is 11.9 Å². The molecule has 0 unspecified atom stereocenters. The number of aromatic nitrogens is 2. The zero-order chi connectivity index (χ0) is 21.9. The summed E-state index contributed by atoms with van der Waals surface area (Å²) in [5, 5.41) is 22.0. The highest BCUT2D eigenvalue weighted by Crippen LogP contribution is 2.33. The Kier molecular flexibility index (Phi) is 10.5. The number of nitrogens with zero attached hydrogens (tertiary/aromatic N) is 2. The molecule has 0 radical (unpaired) electrons. The van der Waals surface area contributed by atoms with Crippen LogP contribution in [0.1, 0.15) is 84.3 Å². The molecule has 1 aliphatic rings. The first-order valence-corrected chi connectivity index (χ1v) is 11.3. The molecule has 0 aromatic carbocycles. The summed E-state index contributed by atoms with van der Waals surface area (Å²) in [4.78, 5) is 28.4. The first kappa shape index (κ1) is 24.5. The maximum Gasteiger partial charge on any atom is 0.351 e. The van der Waals surface area contributed by atoms with Gasteiger partial charge in [-0.1, -0.05) is 65.2 Å². The summed E-state index contributed by atoms with van der Waals surface area (Å²) < 4.78 is 6.85. The summed E-state index contributed by atoms with van der Waals surface area (Å²) in [5.74, 6) is -0.306. The van der Waals surface area contributed by atoms with E-state index in [0.29, 0.717) is 6.42 Å². The fraction of sp³-hybridized carbons (Fsp3) is 0.773. The zero-order valence-corrected chi connectivity index (χ0v) is 18.3. The van der Waals surface area contributed by atoms with Crippen molar-refractivity contribution in [1.82, 2.24) is 9.55 Å². The van der Waals surface area contributed by atoms with Gasteiger partial charge in [0.2, 0.25) is 5.91 Å². The standard InChI is InChI=1S/C22H37N3O5/c1-3-4-5-6-7-8-9-10-11-12-19(27)23-18-13-14-25(22(29)24-18)21-16(2)20(28)17(15-26)30-21/h13-14,16-17,20-21,26,28H,3-12,15H2,1-2H3,(H,23,24,27,29)/t16-,17+,20-,21+/m0/s1. The molecule has 0 aliphatic carbocycles. The van der Waals surface area contributed by atoms with Crippen molar-refractivity contribution in [1.29, 1.82) is 0 Å². The quantitative estimate of drug-likeness (QED) is 0.420. The minimum atomic E-state index is -0.859. The predicted octanol–water partition coefficient (Wildman–Crippen LogP) is 2.99. The first-order valence-electron chi connectivity index (χ1n) is 11.3. The summed E-state index contributed by atoms with van der Waals surface area (Å²) in [7, 11) is 0. The van der Waals surface area contributed by atoms with E-state index in [1.807, 2.05) is 0 Å². The van der Waals surface area contributed by atoms with Crippen molar-refractivity contribution in [3.05, 3.63) is 22.7 Å². The van der Waals surface area contributed by atoms with Gasteiger partial charge in [-0.05, 0) is 12.5 Å². The Morgan fingerprint density at radius 1 is 1.17 bits per heavy atom. The van der Waals surface area contributed by atoms with Crippen LogP contribution in [0.2, 0.25) is 0 Å². The molecule has 2 heterocycles. The van der Waals surface area contributed by atoms with Crippen LogP contribution in [0.25, 0.3) is 0 Å². The minimum absolute atomic E-state index is 0.149. The van der Waals surface area contributed by atoms with Crippen LogP contribution in [0, 0.1) is 5.92 Å². The maximum absolute atomic E-state index is 12.4. The number of anilines is 1. The number of carbonyl (C=O) groups excluding carboxylic acids is 1. The largest absolute Gasteiger partial charge is 0.394 e. The van der Waals surface area contributed by atoms with Gasteiger partial charge in [0, 0.05) is 18.5 Å². The second-order valence-electron chi connectivity index (χ2n) is 8.23. The number of ether oxygens (including phenoxy) is 1. The van der Waals surface area contributed by atoms with Crippen LogP contribution in [-0.4, -0.2) is 44.5 Å². The van der Waals surface area contributed by atoms with Crippen molar-refractivity contribution in [3.8, 4) is 0 Å². The third-order valence-electron chi connectivity index (χ3n) is 5.74. The van der Waals surface area contributed by atoms with Gasteiger partial charge >= 0.3 is 5.69 Å². The number of hydrogen-bond acceptors (Lipinski definition) is 6. The molecule has 1 saturated heterocycles. The molecule has 0 bridgehead atoms. The predicted molar refractivity (Wildman–Crippen MR) is 115 cm³/mol. The number of aliphatic hydroxyl groups is 2. The molecular formula is C22H37N3O5. The highest BCUT2D eigenvalue weighted by molar-refractivity contribution is 5.89. The van der Waals surface area contributed by atoms with Gasteiger partial charge in [0.1, 0.15) is 18.1 Å². The van der Waals surface area contributed by atoms with E-state index in [9.17, 15) is 19.8 Å². The normalized spacial score (nSPS) is 23.6. The van der Waals surface area contributed by atoms with Crippen molar-refractivity contribution in [2.24, 2.45) is 5.92 Å². The minimum Gasteiger partial charge on any atom is -0.394 e. The SMILES string of the molecule is CCCCCCCCCCCC(=O)Nc1ccn([C@@H]2O[C@H](CO)[C@@H](O)[C@@H]2C)c(=O)n1. The molecule has 0 spiro atoms. The van der Waals surface area contributed by atoms with E-state index in [-0.39, 0.29) is 24.2 Å². The van der Waals surface area contributed by atoms with Gasteiger partial charge in [-0.25, -0.2) is 4.79 Å². The first-order chi connectivity index (χ1) is 14.5. The summed E-state index contributed by atoms with van der Waals surface area (Å²) >= 11 is 0. The van der Waals surface area contributed by atoms with Gasteiger partial charge in [0.25, 0.3) is 0 Å². The average molecular weight is 424 g/mol. The Bertz CT molecular complexity index is 708. The molecule has 4 atom stereocenters. The monoisotopic (exact) mass is 423 g/mol. The van der Waals surface area contributed by atoms with Crippen molar-refractivity contribution in [3.63, 3.8) is 0 Å². The van der Waals surface area contributed by atoms with E-state index in [1.54, 1.807) is 13.0 Å². The molecule has 1 aromatic rings. The summed E-state index contributed by atoms with van der Waals surface area (Å²) in [6.45, 7) is 3.64. The highest BCUT2D eigenvalue weighted by atomic mass is 16.5. The second-order valence-corrected chi connectivity index (χ2v) is 8.23. The number of aliphatic hydroxyl groups excluding tert-OH is 2. The highest BCUT2D eigenvalue weighted by Gasteiger charge is 2.41. The molecular weight excluding hydrogens is 386 g/mol. The smallest absolute Gasteiger partial charge is 0.351 e. The lowest BCUT2D eigenvalue weighted by Gasteiger charge is -2.18. The average Bonchev–Trinajstić information content (AvgIpc) is 3.01. The van der Waals surface area contributed by atoms with Crippen molar-refractivity contribution < 1.29 is 19.7 Å². The summed E-state index contributed by atoms with van der Waals surface area (Å²) in [6.07, 6.45) is 10.3. The summed E-state index contributed by atoms with van der Waals surface area (Å²) in [6, 6.07) is 1.55. The van der Waals surface area contributed by atoms with Gasteiger partial charge in [-0.2, -0.15) is 4.98 Å². The Morgan fingerprint density at radius 2 is 1.80 bits per heavy atom. The maximum atomic E-state index is 12.4. The molecule has 3 N–H and O–H groups in total. The van der Waals surface area contributed by atoms with Crippen LogP contribution in [0.3, 0.4) is 0 Å². The van der Waals surface area contributed by atoms with E-state index in [2.05, 4.69) is 17.2 Å². The topological polar surface area (TPSA) is 114 Å². The van der Waals surface area contributed by atoms with Crippen LogP contribution in [0.4, 0.5) is 5.82 Å². The Labute approximate surface area is 178 Å². The lowest BCUT2D eigenvalue weighted by Crippen LogP contribution is -2.31. The van der Waals surface area contributed by atoms with Crippen LogP contribution in [0.15, 0.2) is 17.1 Å². The number of carbonyl (C=O) groups is 1. The lowest BCUT2D eigenvalue weighted by molar-refractivity contribution is -0.116. The Balaban J connectivity index is 1.73. The van der Waals surface area contributed by atoms with E-state index in [4.69, 9.17) is 4.74 Å². The molecule has 8 nitrogen and oxygen atoms in total. The fourth-order valence-corrected chi connectivity index (χ4v) is 3.84. The van der Waals surface area contributed by atoms with E-state index < -0.39 is 24.1 Å². The van der Waals surface area contributed by atoms with Crippen LogP contribution < -0.4 is 11.0 Å². The molecule has 0 saturated carbocycles. The van der Waals surface area contributed by atoms with E-state index in [1.165, 1.54) is 49.3 Å². The molecule has 2 rings (SSSR count). The molecule has 30 heavy (non-hydrogen) atoms. The molecule has 1 fully saturated rings. The second kappa shape index (κ2) is 12.8. The van der Waals surface area contributed by atoms with Gasteiger partial charge in [0.15, 0.2) is 0 Å². The number of unbranched alkanes of at least 4 members (excludes halogenated alkanes) is 8. The van der Waals surface area contributed by atoms with Gasteiger partial charge < -0.3 is 20.3 Å². The van der Waals surface area contributed by atoms with Crippen molar-refractivity contribution in [2.45, 2.75) is 96.5 Å². The number of amides is 1. The lowest BCUT2D eigenvalue weighted by atomic mass is 10.0. The molecule has 170 valence electrons. The van der Waals surface area contributed by atoms with Gasteiger partial charge in [-0.3, -0.25) is 9.36 Å². The number of nitrogens with one attached hydrogen (secondary N) is 1. The van der Waals surface area contributed by atoms with E-state index >= 15 is 0 Å².